The quantitative estimate of drug-likeness (QED) is 0.135. The summed E-state index contributed by atoms with van der Waals surface area (Å²) < 4.78 is 31.5. The van der Waals surface area contributed by atoms with Crippen LogP contribution in [-0.4, -0.2) is 99.0 Å². The van der Waals surface area contributed by atoms with Crippen molar-refractivity contribution in [3.63, 3.8) is 0 Å². The van der Waals surface area contributed by atoms with Crippen molar-refractivity contribution in [2.24, 2.45) is 16.3 Å². The molecule has 2 aromatic rings. The highest BCUT2D eigenvalue weighted by Gasteiger charge is 2.65. The van der Waals surface area contributed by atoms with Gasteiger partial charge < -0.3 is 40.0 Å². The lowest BCUT2D eigenvalue weighted by atomic mass is 9.85. The number of rotatable bonds is 13. The van der Waals surface area contributed by atoms with Crippen molar-refractivity contribution in [1.29, 1.82) is 0 Å². The number of carbonyl (C=O) groups is 3. The number of carbonyl (C=O) groups excluding carboxylic acids is 3. The van der Waals surface area contributed by atoms with Crippen LogP contribution < -0.4 is 25.4 Å². The van der Waals surface area contributed by atoms with E-state index in [1.165, 1.54) is 4.90 Å². The number of ether oxygens (including phenoxy) is 3. The number of fused-ring (bicyclic) bond motifs is 1. The monoisotopic (exact) mass is 812 g/mol. The molecule has 16 heteroatoms. The number of benzene rings is 1. The van der Waals surface area contributed by atoms with Gasteiger partial charge in [-0.1, -0.05) is 45.5 Å². The van der Waals surface area contributed by atoms with Crippen molar-refractivity contribution in [2.45, 2.75) is 122 Å². The summed E-state index contributed by atoms with van der Waals surface area (Å²) in [5.41, 5.74) is 0.583. The maximum Gasteiger partial charge on any atom is 0.408 e. The van der Waals surface area contributed by atoms with Gasteiger partial charge in [-0.3, -0.25) is 24.1 Å². The SMILES string of the molecule is C=C[C@@H]1C[C@]1(NC(=O)[C@@H]1C[C@@H](Oc2cc(C3CSC(NC(C)C)=N3)nc3cc(OC)ccc23)CN1C(=O)[C@@H](NC(=O)OC1CCCC1)C(C)(C)C)P(=O)(O)CC. The zero-order valence-corrected chi connectivity index (χ0v) is 35.2. The molecule has 2 aliphatic carbocycles. The largest absolute Gasteiger partial charge is 0.497 e. The molecule has 7 atom stereocenters. The van der Waals surface area contributed by atoms with Crippen LogP contribution in [0.2, 0.25) is 0 Å². The van der Waals surface area contributed by atoms with Crippen LogP contribution in [0.4, 0.5) is 4.79 Å². The molecule has 2 saturated carbocycles. The Kier molecular flexibility index (Phi) is 12.4. The molecule has 1 aromatic carbocycles. The molecule has 6 rings (SSSR count). The number of thioether (sulfide) groups is 1. The smallest absolute Gasteiger partial charge is 0.408 e. The van der Waals surface area contributed by atoms with E-state index >= 15 is 0 Å². The fraction of sp³-hybridized carbons (Fsp3) is 0.625. The number of likely N-dealkylation sites (tertiary alicyclic amines) is 1. The minimum absolute atomic E-state index is 0.0144. The number of nitrogens with zero attached hydrogens (tertiary/aromatic N) is 3. The second-order valence-corrected chi connectivity index (χ2v) is 20.5. The van der Waals surface area contributed by atoms with E-state index in [2.05, 4.69) is 36.4 Å². The summed E-state index contributed by atoms with van der Waals surface area (Å²) in [6.07, 6.45) is 3.86. The third kappa shape index (κ3) is 8.84. The number of hydrogen-bond acceptors (Lipinski definition) is 11. The van der Waals surface area contributed by atoms with Gasteiger partial charge in [-0.15, -0.1) is 6.58 Å². The molecule has 56 heavy (non-hydrogen) atoms. The van der Waals surface area contributed by atoms with Crippen molar-refractivity contribution in [3.05, 3.63) is 42.6 Å². The number of nitrogens with one attached hydrogen (secondary N) is 3. The molecule has 3 amide bonds. The van der Waals surface area contributed by atoms with Crippen molar-refractivity contribution in [3.8, 4) is 11.5 Å². The minimum Gasteiger partial charge on any atom is -0.497 e. The fourth-order valence-corrected chi connectivity index (χ4v) is 10.9. The molecule has 4 aliphatic rings. The molecule has 0 radical (unpaired) electrons. The van der Waals surface area contributed by atoms with Crippen LogP contribution in [0, 0.1) is 11.3 Å². The molecule has 4 N–H and O–H groups in total. The average Bonchev–Trinajstić information content (AvgIpc) is 3.55. The van der Waals surface area contributed by atoms with Gasteiger partial charge in [0.05, 0.1) is 24.9 Å². The van der Waals surface area contributed by atoms with E-state index in [0.717, 1.165) is 30.9 Å². The van der Waals surface area contributed by atoms with Gasteiger partial charge in [0.25, 0.3) is 0 Å². The van der Waals surface area contributed by atoms with Crippen LogP contribution in [0.3, 0.4) is 0 Å². The normalized spacial score (nSPS) is 26.7. The van der Waals surface area contributed by atoms with Crippen LogP contribution in [0.5, 0.6) is 11.5 Å². The second kappa shape index (κ2) is 16.6. The minimum atomic E-state index is -3.83. The van der Waals surface area contributed by atoms with E-state index in [0.29, 0.717) is 33.8 Å². The number of methoxy groups -OCH3 is 1. The highest BCUT2D eigenvalue weighted by molar-refractivity contribution is 8.14. The van der Waals surface area contributed by atoms with Crippen molar-refractivity contribution in [2.75, 3.05) is 25.6 Å². The molecular weight excluding hydrogens is 756 g/mol. The summed E-state index contributed by atoms with van der Waals surface area (Å²) >= 11 is 1.63. The number of amidine groups is 1. The van der Waals surface area contributed by atoms with Crippen LogP contribution in [0.25, 0.3) is 10.9 Å². The standard InChI is InChI=1S/C40H57N6O8PS/c1-9-24-20-40(24,55(50,51)10-2)45-35(47)32-18-27(21-46(32)36(48)34(39(5,6)7)44-38(49)54-25-13-11-12-14-25)53-33-19-30(31-22-56-37(43-31)41-23(3)4)42-29-17-26(52-8)15-16-28(29)33/h9,15-17,19,23-25,27,31-32,34H,1,10-14,18,20-22H2,2-8H3,(H,41,43)(H,44,49)(H,45,47)(H,50,51)/t24-,27-,31?,32+,34-,40+/m1/s1. The zero-order valence-electron chi connectivity index (χ0n) is 33.5. The number of aromatic nitrogens is 1. The molecule has 2 aliphatic heterocycles. The summed E-state index contributed by atoms with van der Waals surface area (Å²) in [5, 5.41) is 9.31. The summed E-state index contributed by atoms with van der Waals surface area (Å²) in [7, 11) is -2.24. The third-order valence-electron chi connectivity index (χ3n) is 11.2. The predicted octanol–water partition coefficient (Wildman–Crippen LogP) is 6.13. The summed E-state index contributed by atoms with van der Waals surface area (Å²) in [4.78, 5) is 64.6. The van der Waals surface area contributed by atoms with Crippen molar-refractivity contribution in [1.82, 2.24) is 25.8 Å². The van der Waals surface area contributed by atoms with Gasteiger partial charge >= 0.3 is 6.09 Å². The van der Waals surface area contributed by atoms with Gasteiger partial charge in [-0.2, -0.15) is 0 Å². The maximum atomic E-state index is 14.7. The molecule has 0 spiro atoms. The Morgan fingerprint density at radius 2 is 1.91 bits per heavy atom. The summed E-state index contributed by atoms with van der Waals surface area (Å²) in [5.74, 6) is 0.396. The second-order valence-electron chi connectivity index (χ2n) is 16.7. The van der Waals surface area contributed by atoms with Crippen LogP contribution >= 0.6 is 19.1 Å². The average molecular weight is 813 g/mol. The summed E-state index contributed by atoms with van der Waals surface area (Å²) in [6, 6.07) is 5.26. The van der Waals surface area contributed by atoms with E-state index in [9.17, 15) is 23.8 Å². The molecule has 14 nitrogen and oxygen atoms in total. The molecule has 3 heterocycles. The fourth-order valence-electron chi connectivity index (χ4n) is 7.89. The maximum absolute atomic E-state index is 14.7. The molecule has 0 bridgehead atoms. The Balaban J connectivity index is 1.33. The van der Waals surface area contributed by atoms with Gasteiger partial charge in [0.2, 0.25) is 19.2 Å². The third-order valence-corrected chi connectivity index (χ3v) is 14.9. The molecule has 1 aromatic heterocycles. The Morgan fingerprint density at radius 3 is 2.54 bits per heavy atom. The summed E-state index contributed by atoms with van der Waals surface area (Å²) in [6.45, 7) is 15.1. The van der Waals surface area contributed by atoms with Crippen LogP contribution in [-0.2, 0) is 18.9 Å². The lowest BCUT2D eigenvalue weighted by Gasteiger charge is -2.35. The Labute approximate surface area is 333 Å². The number of alkyl carbamates (subject to hydrolysis) is 1. The van der Waals surface area contributed by atoms with Gasteiger partial charge in [0.15, 0.2) is 5.17 Å². The highest BCUT2D eigenvalue weighted by Crippen LogP contribution is 2.69. The predicted molar refractivity (Wildman–Crippen MR) is 218 cm³/mol. The van der Waals surface area contributed by atoms with E-state index in [4.69, 9.17) is 24.2 Å². The molecule has 3 fully saturated rings. The van der Waals surface area contributed by atoms with E-state index < -0.39 is 54.2 Å². The Hall–Kier alpha value is -3.81. The molecule has 2 unspecified atom stereocenters. The van der Waals surface area contributed by atoms with Gasteiger partial charge in [0.1, 0.15) is 47.1 Å². The molecular formula is C40H57N6O8PS. The topological polar surface area (TPSA) is 181 Å². The zero-order chi connectivity index (χ0) is 40.6. The van der Waals surface area contributed by atoms with E-state index in [-0.39, 0.29) is 49.7 Å². The van der Waals surface area contributed by atoms with Crippen LogP contribution in [0.15, 0.2) is 41.9 Å². The highest BCUT2D eigenvalue weighted by atomic mass is 32.2. The first kappa shape index (κ1) is 41.8. The lowest BCUT2D eigenvalue weighted by Crippen LogP contribution is -2.58. The van der Waals surface area contributed by atoms with Gasteiger partial charge in [-0.05, 0) is 63.5 Å². The molecule has 1 saturated heterocycles. The van der Waals surface area contributed by atoms with Crippen molar-refractivity contribution >= 4 is 53.1 Å². The Bertz CT molecular complexity index is 1910. The van der Waals surface area contributed by atoms with E-state index in [1.807, 2.05) is 45.0 Å². The number of amides is 3. The number of aliphatic imine (C=N–C) groups is 1. The van der Waals surface area contributed by atoms with Gasteiger partial charge in [-0.25, -0.2) is 4.79 Å². The van der Waals surface area contributed by atoms with E-state index in [1.54, 1.807) is 31.9 Å². The van der Waals surface area contributed by atoms with Gasteiger partial charge in [0, 0.05) is 47.8 Å². The first-order valence-electron chi connectivity index (χ1n) is 19.6. The number of hydrogen-bond donors (Lipinski definition) is 4. The van der Waals surface area contributed by atoms with Crippen LogP contribution in [0.1, 0.15) is 91.8 Å². The first-order valence-corrected chi connectivity index (χ1v) is 22.5. The molecule has 306 valence electrons. The number of pyridine rings is 1. The lowest BCUT2D eigenvalue weighted by molar-refractivity contribution is -0.142. The van der Waals surface area contributed by atoms with Crippen molar-refractivity contribution < 1.29 is 38.1 Å². The Morgan fingerprint density at radius 1 is 1.18 bits per heavy atom. The first-order chi connectivity index (χ1) is 26.5.